The molecule has 1 aromatic carbocycles. The van der Waals surface area contributed by atoms with Gasteiger partial charge in [-0.1, -0.05) is 6.07 Å². The molecule has 3 rings (SSSR count). The third kappa shape index (κ3) is 5.32. The summed E-state index contributed by atoms with van der Waals surface area (Å²) in [6.45, 7) is 2.54. The van der Waals surface area contributed by atoms with Crippen molar-refractivity contribution in [2.24, 2.45) is 0 Å². The lowest BCUT2D eigenvalue weighted by Gasteiger charge is -2.16. The first-order chi connectivity index (χ1) is 14.1. The van der Waals surface area contributed by atoms with Crippen LogP contribution in [0.25, 0.3) is 5.82 Å². The number of ether oxygens (including phenoxy) is 2. The van der Waals surface area contributed by atoms with Gasteiger partial charge in [0.25, 0.3) is 0 Å². The van der Waals surface area contributed by atoms with Crippen molar-refractivity contribution >= 4 is 11.6 Å². The maximum Gasteiger partial charge on any atom is 0.226 e. The van der Waals surface area contributed by atoms with Crippen LogP contribution in [0.4, 0.5) is 5.69 Å². The number of carbonyl (C=O) groups is 1. The van der Waals surface area contributed by atoms with E-state index in [0.29, 0.717) is 30.2 Å². The second-order valence-electron chi connectivity index (χ2n) is 6.54. The summed E-state index contributed by atoms with van der Waals surface area (Å²) in [5, 5.41) is 10.5. The molecule has 0 radical (unpaired) electrons. The summed E-state index contributed by atoms with van der Waals surface area (Å²) in [6, 6.07) is 11.0. The highest BCUT2D eigenvalue weighted by Gasteiger charge is 2.13. The Balaban J connectivity index is 1.57. The highest BCUT2D eigenvalue weighted by atomic mass is 16.5. The molecular weight excluding hydrogens is 370 g/mol. The van der Waals surface area contributed by atoms with Gasteiger partial charge in [0, 0.05) is 49.2 Å². The molecule has 29 heavy (non-hydrogen) atoms. The lowest BCUT2D eigenvalue weighted by molar-refractivity contribution is -0.116. The minimum Gasteiger partial charge on any atom is -0.497 e. The minimum atomic E-state index is -0.105. The summed E-state index contributed by atoms with van der Waals surface area (Å²) in [5.74, 6) is 1.88. The summed E-state index contributed by atoms with van der Waals surface area (Å²) in [5.41, 5.74) is 1.61. The number of methoxy groups -OCH3 is 2. The molecule has 2 heterocycles. The highest BCUT2D eigenvalue weighted by Crippen LogP contribution is 2.29. The molecule has 2 aromatic heterocycles. The Bertz CT molecular complexity index is 943. The zero-order valence-electron chi connectivity index (χ0n) is 16.8. The molecule has 8 heteroatoms. The lowest BCUT2D eigenvalue weighted by atomic mass is 10.2. The number of amides is 1. The Morgan fingerprint density at radius 1 is 1.17 bits per heavy atom. The number of carbonyl (C=O) groups excluding carboxylic acids is 1. The van der Waals surface area contributed by atoms with Crippen molar-refractivity contribution in [3.05, 3.63) is 60.6 Å². The van der Waals surface area contributed by atoms with Gasteiger partial charge in [0.05, 0.1) is 19.9 Å². The Hall–Kier alpha value is -3.39. The Morgan fingerprint density at radius 3 is 2.76 bits per heavy atom. The standard InChI is InChI=1S/C21H25N5O3/c1-15(12-20(27)25-18-8-7-17(28-2)13-19(18)29-3)23-14-16-6-4-9-22-21(16)26-11-5-10-24-26/h4-11,13,15,23H,12,14H2,1-3H3,(H,25,27). The predicted octanol–water partition coefficient (Wildman–Crippen LogP) is 2.79. The van der Waals surface area contributed by atoms with Crippen LogP contribution in [0.15, 0.2) is 55.0 Å². The predicted molar refractivity (Wildman–Crippen MR) is 110 cm³/mol. The molecule has 0 aliphatic rings. The van der Waals surface area contributed by atoms with Crippen molar-refractivity contribution < 1.29 is 14.3 Å². The van der Waals surface area contributed by atoms with Crippen molar-refractivity contribution in [2.45, 2.75) is 25.9 Å². The average Bonchev–Trinajstić information content (AvgIpc) is 3.27. The topological polar surface area (TPSA) is 90.3 Å². The molecule has 0 bridgehead atoms. The van der Waals surface area contributed by atoms with Gasteiger partial charge in [-0.25, -0.2) is 9.67 Å². The molecule has 8 nitrogen and oxygen atoms in total. The van der Waals surface area contributed by atoms with Gasteiger partial charge >= 0.3 is 0 Å². The van der Waals surface area contributed by atoms with Crippen molar-refractivity contribution in [2.75, 3.05) is 19.5 Å². The maximum atomic E-state index is 12.4. The van der Waals surface area contributed by atoms with E-state index in [-0.39, 0.29) is 11.9 Å². The molecule has 1 unspecified atom stereocenters. The summed E-state index contributed by atoms with van der Waals surface area (Å²) in [6.07, 6.45) is 5.61. The number of nitrogens with one attached hydrogen (secondary N) is 2. The van der Waals surface area contributed by atoms with Crippen LogP contribution >= 0.6 is 0 Å². The number of hydrogen-bond acceptors (Lipinski definition) is 6. The van der Waals surface area contributed by atoms with Gasteiger partial charge in [-0.15, -0.1) is 0 Å². The number of benzene rings is 1. The molecule has 0 spiro atoms. The largest absolute Gasteiger partial charge is 0.497 e. The van der Waals surface area contributed by atoms with E-state index in [4.69, 9.17) is 9.47 Å². The van der Waals surface area contributed by atoms with Crippen molar-refractivity contribution in [3.8, 4) is 17.3 Å². The third-order valence-corrected chi connectivity index (χ3v) is 4.40. The van der Waals surface area contributed by atoms with E-state index in [2.05, 4.69) is 20.7 Å². The van der Waals surface area contributed by atoms with Crippen LogP contribution in [0.2, 0.25) is 0 Å². The number of aromatic nitrogens is 3. The maximum absolute atomic E-state index is 12.4. The molecule has 0 saturated heterocycles. The molecule has 1 atom stereocenters. The average molecular weight is 395 g/mol. The first-order valence-corrected chi connectivity index (χ1v) is 9.30. The minimum absolute atomic E-state index is 0.0371. The summed E-state index contributed by atoms with van der Waals surface area (Å²) < 4.78 is 12.2. The molecule has 0 aliphatic carbocycles. The molecule has 0 fully saturated rings. The molecule has 1 amide bonds. The molecule has 3 aromatic rings. The van der Waals surface area contributed by atoms with Gasteiger partial charge in [0.15, 0.2) is 5.82 Å². The second-order valence-corrected chi connectivity index (χ2v) is 6.54. The number of rotatable bonds is 9. The fraction of sp³-hybridized carbons (Fsp3) is 0.286. The van der Waals surface area contributed by atoms with E-state index in [9.17, 15) is 4.79 Å². The van der Waals surface area contributed by atoms with Gasteiger partial charge < -0.3 is 20.1 Å². The van der Waals surface area contributed by atoms with E-state index in [1.165, 1.54) is 0 Å². The van der Waals surface area contributed by atoms with Gasteiger partial charge in [-0.2, -0.15) is 5.10 Å². The highest BCUT2D eigenvalue weighted by molar-refractivity contribution is 5.92. The first kappa shape index (κ1) is 20.3. The van der Waals surface area contributed by atoms with E-state index in [0.717, 1.165) is 11.4 Å². The molecular formula is C21H25N5O3. The lowest BCUT2D eigenvalue weighted by Crippen LogP contribution is -2.30. The van der Waals surface area contributed by atoms with Gasteiger partial charge in [-0.05, 0) is 31.2 Å². The van der Waals surface area contributed by atoms with Crippen LogP contribution in [-0.2, 0) is 11.3 Å². The van der Waals surface area contributed by atoms with Crippen molar-refractivity contribution in [1.82, 2.24) is 20.1 Å². The van der Waals surface area contributed by atoms with E-state index >= 15 is 0 Å². The Labute approximate surface area is 169 Å². The second kappa shape index (κ2) is 9.70. The smallest absolute Gasteiger partial charge is 0.226 e. The van der Waals surface area contributed by atoms with Crippen molar-refractivity contribution in [1.29, 1.82) is 0 Å². The number of pyridine rings is 1. The molecule has 0 saturated carbocycles. The van der Waals surface area contributed by atoms with Crippen LogP contribution in [0.3, 0.4) is 0 Å². The number of hydrogen-bond donors (Lipinski definition) is 2. The normalized spacial score (nSPS) is 11.7. The monoisotopic (exact) mass is 395 g/mol. The van der Waals surface area contributed by atoms with Crippen LogP contribution in [-0.4, -0.2) is 40.9 Å². The molecule has 0 aliphatic heterocycles. The van der Waals surface area contributed by atoms with E-state index in [1.807, 2.05) is 31.3 Å². The summed E-state index contributed by atoms with van der Waals surface area (Å²) in [7, 11) is 3.14. The van der Waals surface area contributed by atoms with Crippen LogP contribution in [0.5, 0.6) is 11.5 Å². The summed E-state index contributed by atoms with van der Waals surface area (Å²) >= 11 is 0. The zero-order valence-corrected chi connectivity index (χ0v) is 16.8. The molecule has 152 valence electrons. The quantitative estimate of drug-likeness (QED) is 0.579. The van der Waals surface area contributed by atoms with Gasteiger partial charge in [0.2, 0.25) is 5.91 Å². The Morgan fingerprint density at radius 2 is 2.03 bits per heavy atom. The fourth-order valence-corrected chi connectivity index (χ4v) is 2.91. The summed E-state index contributed by atoms with van der Waals surface area (Å²) in [4.78, 5) is 16.9. The van der Waals surface area contributed by atoms with Crippen LogP contribution in [0.1, 0.15) is 18.9 Å². The number of nitrogens with zero attached hydrogens (tertiary/aromatic N) is 3. The van der Waals surface area contributed by atoms with Crippen LogP contribution < -0.4 is 20.1 Å². The first-order valence-electron chi connectivity index (χ1n) is 9.30. The number of anilines is 1. The van der Waals surface area contributed by atoms with E-state index < -0.39 is 0 Å². The van der Waals surface area contributed by atoms with Gasteiger partial charge in [-0.3, -0.25) is 4.79 Å². The van der Waals surface area contributed by atoms with Crippen LogP contribution in [0, 0.1) is 0 Å². The SMILES string of the molecule is COc1ccc(NC(=O)CC(C)NCc2cccnc2-n2cccn2)c(OC)c1. The molecule has 2 N–H and O–H groups in total. The third-order valence-electron chi connectivity index (χ3n) is 4.40. The van der Waals surface area contributed by atoms with E-state index in [1.54, 1.807) is 49.5 Å². The zero-order chi connectivity index (χ0) is 20.6. The van der Waals surface area contributed by atoms with Gasteiger partial charge in [0.1, 0.15) is 11.5 Å². The Kier molecular flexibility index (Phi) is 6.80. The van der Waals surface area contributed by atoms with Crippen molar-refractivity contribution in [3.63, 3.8) is 0 Å². The fourth-order valence-electron chi connectivity index (χ4n) is 2.91.